The summed E-state index contributed by atoms with van der Waals surface area (Å²) in [5, 5.41) is 3.39. The molecule has 2 atom stereocenters. The standard InChI is InChI=1S/C12H18N2O/c1-15-11-4-2-3-9(5-11)12-8-14-7-10(12)6-13/h2-5,10,12,14H,6-8,13H2,1H3. The summed E-state index contributed by atoms with van der Waals surface area (Å²) >= 11 is 0. The Morgan fingerprint density at radius 1 is 1.47 bits per heavy atom. The summed E-state index contributed by atoms with van der Waals surface area (Å²) < 4.78 is 5.23. The SMILES string of the molecule is COc1cccc(C2CNCC2CN)c1. The average molecular weight is 206 g/mol. The summed E-state index contributed by atoms with van der Waals surface area (Å²) in [4.78, 5) is 0. The highest BCUT2D eigenvalue weighted by Gasteiger charge is 2.27. The van der Waals surface area contributed by atoms with Gasteiger partial charge in [-0.1, -0.05) is 12.1 Å². The molecular formula is C12H18N2O. The molecule has 0 aromatic heterocycles. The van der Waals surface area contributed by atoms with Crippen molar-refractivity contribution < 1.29 is 4.74 Å². The zero-order valence-electron chi connectivity index (χ0n) is 9.07. The van der Waals surface area contributed by atoms with Crippen molar-refractivity contribution in [3.8, 4) is 5.75 Å². The van der Waals surface area contributed by atoms with Gasteiger partial charge >= 0.3 is 0 Å². The van der Waals surface area contributed by atoms with Crippen LogP contribution < -0.4 is 15.8 Å². The second-order valence-electron chi connectivity index (χ2n) is 4.04. The topological polar surface area (TPSA) is 47.3 Å². The molecule has 0 radical (unpaired) electrons. The first-order valence-corrected chi connectivity index (χ1v) is 5.40. The maximum absolute atomic E-state index is 5.76. The van der Waals surface area contributed by atoms with Gasteiger partial charge in [-0.15, -0.1) is 0 Å². The minimum Gasteiger partial charge on any atom is -0.497 e. The number of ether oxygens (including phenoxy) is 1. The van der Waals surface area contributed by atoms with Crippen LogP contribution in [-0.4, -0.2) is 26.7 Å². The molecule has 2 rings (SSSR count). The van der Waals surface area contributed by atoms with E-state index in [2.05, 4.69) is 17.4 Å². The number of nitrogens with two attached hydrogens (primary N) is 1. The zero-order valence-corrected chi connectivity index (χ0v) is 9.07. The highest BCUT2D eigenvalue weighted by atomic mass is 16.5. The fourth-order valence-electron chi connectivity index (χ4n) is 2.24. The lowest BCUT2D eigenvalue weighted by Gasteiger charge is -2.17. The lowest BCUT2D eigenvalue weighted by atomic mass is 9.89. The second-order valence-corrected chi connectivity index (χ2v) is 4.04. The predicted molar refractivity (Wildman–Crippen MR) is 61.1 cm³/mol. The number of hydrogen-bond donors (Lipinski definition) is 2. The van der Waals surface area contributed by atoms with Gasteiger partial charge in [0.1, 0.15) is 5.75 Å². The Labute approximate surface area is 90.6 Å². The third-order valence-electron chi connectivity index (χ3n) is 3.16. The quantitative estimate of drug-likeness (QED) is 0.774. The molecule has 0 amide bonds. The molecule has 1 fully saturated rings. The van der Waals surface area contributed by atoms with Crippen molar-refractivity contribution in [1.82, 2.24) is 5.32 Å². The summed E-state index contributed by atoms with van der Waals surface area (Å²) in [5.74, 6) is 2.01. The van der Waals surface area contributed by atoms with Gasteiger partial charge in [-0.05, 0) is 36.7 Å². The van der Waals surface area contributed by atoms with E-state index in [1.165, 1.54) is 5.56 Å². The van der Waals surface area contributed by atoms with E-state index in [0.717, 1.165) is 25.4 Å². The van der Waals surface area contributed by atoms with Crippen molar-refractivity contribution in [2.75, 3.05) is 26.7 Å². The van der Waals surface area contributed by atoms with Gasteiger partial charge < -0.3 is 15.8 Å². The van der Waals surface area contributed by atoms with Gasteiger partial charge in [-0.2, -0.15) is 0 Å². The molecular weight excluding hydrogens is 188 g/mol. The monoisotopic (exact) mass is 206 g/mol. The summed E-state index contributed by atoms with van der Waals surface area (Å²) in [6.45, 7) is 2.79. The van der Waals surface area contributed by atoms with Crippen LogP contribution in [0, 0.1) is 5.92 Å². The fourth-order valence-corrected chi connectivity index (χ4v) is 2.24. The van der Waals surface area contributed by atoms with Crippen molar-refractivity contribution in [2.24, 2.45) is 11.7 Å². The first-order valence-electron chi connectivity index (χ1n) is 5.40. The Hall–Kier alpha value is -1.06. The first-order chi connectivity index (χ1) is 7.35. The lowest BCUT2D eigenvalue weighted by molar-refractivity contribution is 0.413. The van der Waals surface area contributed by atoms with Gasteiger partial charge in [0.15, 0.2) is 0 Å². The Morgan fingerprint density at radius 3 is 3.07 bits per heavy atom. The smallest absolute Gasteiger partial charge is 0.119 e. The molecule has 0 saturated carbocycles. The molecule has 0 spiro atoms. The summed E-state index contributed by atoms with van der Waals surface area (Å²) in [6.07, 6.45) is 0. The van der Waals surface area contributed by atoms with E-state index in [1.807, 2.05) is 12.1 Å². The van der Waals surface area contributed by atoms with Crippen molar-refractivity contribution >= 4 is 0 Å². The highest BCUT2D eigenvalue weighted by molar-refractivity contribution is 5.32. The third-order valence-corrected chi connectivity index (χ3v) is 3.16. The average Bonchev–Trinajstić information content (AvgIpc) is 2.77. The van der Waals surface area contributed by atoms with E-state index in [1.54, 1.807) is 7.11 Å². The summed E-state index contributed by atoms with van der Waals surface area (Å²) in [6, 6.07) is 8.28. The lowest BCUT2D eigenvalue weighted by Crippen LogP contribution is -2.21. The van der Waals surface area contributed by atoms with Crippen molar-refractivity contribution in [3.63, 3.8) is 0 Å². The van der Waals surface area contributed by atoms with E-state index in [4.69, 9.17) is 10.5 Å². The molecule has 82 valence electrons. The highest BCUT2D eigenvalue weighted by Crippen LogP contribution is 2.29. The van der Waals surface area contributed by atoms with E-state index >= 15 is 0 Å². The van der Waals surface area contributed by atoms with Gasteiger partial charge in [0.25, 0.3) is 0 Å². The van der Waals surface area contributed by atoms with Crippen molar-refractivity contribution in [2.45, 2.75) is 5.92 Å². The van der Waals surface area contributed by atoms with Gasteiger partial charge in [-0.3, -0.25) is 0 Å². The van der Waals surface area contributed by atoms with E-state index < -0.39 is 0 Å². The maximum Gasteiger partial charge on any atom is 0.119 e. The Bertz CT molecular complexity index is 327. The van der Waals surface area contributed by atoms with Crippen molar-refractivity contribution in [3.05, 3.63) is 29.8 Å². The summed E-state index contributed by atoms with van der Waals surface area (Å²) in [5.41, 5.74) is 7.09. The van der Waals surface area contributed by atoms with Crippen LogP contribution in [0.2, 0.25) is 0 Å². The van der Waals surface area contributed by atoms with Gasteiger partial charge in [0, 0.05) is 12.5 Å². The maximum atomic E-state index is 5.76. The van der Waals surface area contributed by atoms with Crippen LogP contribution in [-0.2, 0) is 0 Å². The van der Waals surface area contributed by atoms with Crippen LogP contribution in [0.5, 0.6) is 5.75 Å². The molecule has 3 N–H and O–H groups in total. The molecule has 0 bridgehead atoms. The van der Waals surface area contributed by atoms with Crippen LogP contribution in [0.1, 0.15) is 11.5 Å². The van der Waals surface area contributed by atoms with Gasteiger partial charge in [0.2, 0.25) is 0 Å². The fraction of sp³-hybridized carbons (Fsp3) is 0.500. The molecule has 1 heterocycles. The minimum absolute atomic E-state index is 0.532. The molecule has 1 saturated heterocycles. The van der Waals surface area contributed by atoms with E-state index in [9.17, 15) is 0 Å². The Kier molecular flexibility index (Phi) is 3.23. The van der Waals surface area contributed by atoms with Crippen LogP contribution in [0.4, 0.5) is 0 Å². The summed E-state index contributed by atoms with van der Waals surface area (Å²) in [7, 11) is 1.70. The van der Waals surface area contributed by atoms with Crippen LogP contribution >= 0.6 is 0 Å². The normalized spacial score (nSPS) is 25.5. The molecule has 2 unspecified atom stereocenters. The molecule has 3 heteroatoms. The molecule has 0 aliphatic carbocycles. The largest absolute Gasteiger partial charge is 0.497 e. The zero-order chi connectivity index (χ0) is 10.7. The van der Waals surface area contributed by atoms with E-state index in [0.29, 0.717) is 11.8 Å². The van der Waals surface area contributed by atoms with E-state index in [-0.39, 0.29) is 0 Å². The van der Waals surface area contributed by atoms with Gasteiger partial charge in [-0.25, -0.2) is 0 Å². The van der Waals surface area contributed by atoms with Crippen LogP contribution in [0.25, 0.3) is 0 Å². The molecule has 3 nitrogen and oxygen atoms in total. The Morgan fingerprint density at radius 2 is 2.33 bits per heavy atom. The molecule has 15 heavy (non-hydrogen) atoms. The third kappa shape index (κ3) is 2.13. The molecule has 1 aromatic rings. The number of benzene rings is 1. The number of nitrogens with one attached hydrogen (secondary N) is 1. The number of methoxy groups -OCH3 is 1. The Balaban J connectivity index is 2.20. The number of hydrogen-bond acceptors (Lipinski definition) is 3. The predicted octanol–water partition coefficient (Wildman–Crippen LogP) is 0.957. The molecule has 1 aliphatic rings. The molecule has 1 aliphatic heterocycles. The van der Waals surface area contributed by atoms with Crippen LogP contribution in [0.3, 0.4) is 0 Å². The van der Waals surface area contributed by atoms with Crippen LogP contribution in [0.15, 0.2) is 24.3 Å². The minimum atomic E-state index is 0.532. The second kappa shape index (κ2) is 4.64. The molecule has 1 aromatic carbocycles. The number of rotatable bonds is 3. The van der Waals surface area contributed by atoms with Gasteiger partial charge in [0.05, 0.1) is 7.11 Å². The first kappa shape index (κ1) is 10.5. The van der Waals surface area contributed by atoms with Crippen molar-refractivity contribution in [1.29, 1.82) is 0 Å².